The molecule has 0 saturated carbocycles. The molecule has 29 heavy (non-hydrogen) atoms. The Balaban J connectivity index is 1.51. The van der Waals surface area contributed by atoms with Crippen LogP contribution in [0.15, 0.2) is 53.4 Å². The fourth-order valence-electron chi connectivity index (χ4n) is 3.15. The maximum Gasteiger partial charge on any atom is 0.243 e. The van der Waals surface area contributed by atoms with E-state index in [4.69, 9.17) is 9.47 Å². The number of para-hydroxylation sites is 1. The molecule has 2 aromatic rings. The summed E-state index contributed by atoms with van der Waals surface area (Å²) >= 11 is 0. The Morgan fingerprint density at radius 3 is 2.48 bits per heavy atom. The van der Waals surface area contributed by atoms with E-state index in [0.717, 1.165) is 16.9 Å². The number of rotatable bonds is 8. The largest absolute Gasteiger partial charge is 0.496 e. The Kier molecular flexibility index (Phi) is 7.24. The first-order chi connectivity index (χ1) is 14.0. The fourth-order valence-corrected chi connectivity index (χ4v) is 4.56. The zero-order valence-corrected chi connectivity index (χ0v) is 17.3. The van der Waals surface area contributed by atoms with Crippen LogP contribution >= 0.6 is 0 Å². The van der Waals surface area contributed by atoms with Crippen molar-refractivity contribution in [2.45, 2.75) is 24.3 Å². The number of amides is 1. The molecule has 0 bridgehead atoms. The van der Waals surface area contributed by atoms with Crippen molar-refractivity contribution in [3.05, 3.63) is 59.7 Å². The highest BCUT2D eigenvalue weighted by Gasteiger charge is 2.26. The van der Waals surface area contributed by atoms with Gasteiger partial charge in [0, 0.05) is 31.6 Å². The van der Waals surface area contributed by atoms with Crippen molar-refractivity contribution < 1.29 is 22.7 Å². The number of ether oxygens (including phenoxy) is 2. The molecule has 1 heterocycles. The Morgan fingerprint density at radius 1 is 1.10 bits per heavy atom. The van der Waals surface area contributed by atoms with Crippen molar-refractivity contribution in [1.82, 2.24) is 9.62 Å². The maximum atomic E-state index is 12.6. The van der Waals surface area contributed by atoms with E-state index >= 15 is 0 Å². The van der Waals surface area contributed by atoms with E-state index in [1.165, 1.54) is 4.31 Å². The number of sulfonamides is 1. The lowest BCUT2D eigenvalue weighted by atomic mass is 10.1. The smallest absolute Gasteiger partial charge is 0.243 e. The van der Waals surface area contributed by atoms with Gasteiger partial charge in [-0.25, -0.2) is 8.42 Å². The zero-order valence-electron chi connectivity index (χ0n) is 16.5. The Labute approximate surface area is 171 Å². The zero-order chi connectivity index (χ0) is 20.7. The molecular weight excluding hydrogens is 392 g/mol. The molecular formula is C21H26N2O5S. The van der Waals surface area contributed by atoms with Gasteiger partial charge in [-0.2, -0.15) is 4.31 Å². The van der Waals surface area contributed by atoms with E-state index in [2.05, 4.69) is 5.32 Å². The topological polar surface area (TPSA) is 84.9 Å². The van der Waals surface area contributed by atoms with Gasteiger partial charge in [0.1, 0.15) is 5.75 Å². The van der Waals surface area contributed by atoms with Crippen LogP contribution in [-0.2, 0) is 32.5 Å². The number of methoxy groups -OCH3 is 1. The van der Waals surface area contributed by atoms with Crippen molar-refractivity contribution in [2.24, 2.45) is 0 Å². The summed E-state index contributed by atoms with van der Waals surface area (Å²) in [4.78, 5) is 12.4. The molecule has 0 unspecified atom stereocenters. The number of benzene rings is 2. The van der Waals surface area contributed by atoms with Crippen LogP contribution < -0.4 is 10.1 Å². The quantitative estimate of drug-likeness (QED) is 0.709. The second-order valence-electron chi connectivity index (χ2n) is 6.75. The van der Waals surface area contributed by atoms with Gasteiger partial charge >= 0.3 is 0 Å². The molecule has 1 saturated heterocycles. The number of carbonyl (C=O) groups excluding carboxylic acids is 1. The van der Waals surface area contributed by atoms with Gasteiger partial charge < -0.3 is 14.8 Å². The second kappa shape index (κ2) is 9.87. The van der Waals surface area contributed by atoms with Crippen molar-refractivity contribution in [3.63, 3.8) is 0 Å². The average Bonchev–Trinajstić information content (AvgIpc) is 2.77. The maximum absolute atomic E-state index is 12.6. The van der Waals surface area contributed by atoms with Crippen LogP contribution in [0, 0.1) is 0 Å². The molecule has 1 aliphatic rings. The highest BCUT2D eigenvalue weighted by Crippen LogP contribution is 2.19. The van der Waals surface area contributed by atoms with E-state index in [1.54, 1.807) is 31.4 Å². The first-order valence-corrected chi connectivity index (χ1v) is 11.0. The van der Waals surface area contributed by atoms with Gasteiger partial charge in [-0.15, -0.1) is 0 Å². The molecule has 0 atom stereocenters. The van der Waals surface area contributed by atoms with Crippen LogP contribution in [0.25, 0.3) is 0 Å². The van der Waals surface area contributed by atoms with Gasteiger partial charge in [0.15, 0.2) is 0 Å². The third kappa shape index (κ3) is 5.56. The van der Waals surface area contributed by atoms with Gasteiger partial charge in [-0.3, -0.25) is 4.79 Å². The highest BCUT2D eigenvalue weighted by molar-refractivity contribution is 7.89. The van der Waals surface area contributed by atoms with Crippen molar-refractivity contribution >= 4 is 15.9 Å². The summed E-state index contributed by atoms with van der Waals surface area (Å²) in [6.45, 7) is 1.98. The van der Waals surface area contributed by atoms with Crippen LogP contribution in [0.2, 0.25) is 0 Å². The fraction of sp³-hybridized carbons (Fsp3) is 0.381. The van der Waals surface area contributed by atoms with Gasteiger partial charge in [0.25, 0.3) is 0 Å². The van der Waals surface area contributed by atoms with E-state index in [9.17, 15) is 13.2 Å². The molecule has 3 rings (SSSR count). The summed E-state index contributed by atoms with van der Waals surface area (Å²) < 4.78 is 37.2. The molecule has 1 N–H and O–H groups in total. The number of nitrogens with one attached hydrogen (secondary N) is 1. The number of hydrogen-bond donors (Lipinski definition) is 1. The molecule has 1 amide bonds. The normalized spacial score (nSPS) is 15.1. The first-order valence-electron chi connectivity index (χ1n) is 9.56. The Hall–Kier alpha value is -2.42. The predicted molar refractivity (Wildman–Crippen MR) is 109 cm³/mol. The van der Waals surface area contributed by atoms with Gasteiger partial charge in [0.05, 0.1) is 25.2 Å². The Morgan fingerprint density at radius 2 is 1.79 bits per heavy atom. The predicted octanol–water partition coefficient (Wildman–Crippen LogP) is 1.97. The molecule has 0 spiro atoms. The minimum Gasteiger partial charge on any atom is -0.496 e. The number of hydrogen-bond acceptors (Lipinski definition) is 5. The van der Waals surface area contributed by atoms with Crippen LogP contribution in [0.1, 0.15) is 17.5 Å². The third-order valence-corrected chi connectivity index (χ3v) is 6.75. The summed E-state index contributed by atoms with van der Waals surface area (Å²) in [7, 11) is -1.89. The lowest BCUT2D eigenvalue weighted by Gasteiger charge is -2.26. The van der Waals surface area contributed by atoms with E-state index in [1.807, 2.05) is 24.3 Å². The lowest BCUT2D eigenvalue weighted by molar-refractivity contribution is -0.121. The molecule has 0 radical (unpaired) electrons. The monoisotopic (exact) mass is 418 g/mol. The van der Waals surface area contributed by atoms with Crippen LogP contribution in [0.4, 0.5) is 0 Å². The van der Waals surface area contributed by atoms with Crippen molar-refractivity contribution in [3.8, 4) is 5.75 Å². The van der Waals surface area contributed by atoms with Crippen molar-refractivity contribution in [2.75, 3.05) is 33.4 Å². The summed E-state index contributed by atoms with van der Waals surface area (Å²) in [5, 5.41) is 2.89. The first kappa shape index (κ1) is 21.3. The Bertz CT molecular complexity index is 922. The molecule has 7 nitrogen and oxygen atoms in total. The summed E-state index contributed by atoms with van der Waals surface area (Å²) in [5.74, 6) is 0.672. The van der Waals surface area contributed by atoms with E-state index in [-0.39, 0.29) is 10.8 Å². The van der Waals surface area contributed by atoms with Gasteiger partial charge in [0.2, 0.25) is 15.9 Å². The molecule has 8 heteroatoms. The molecule has 0 aromatic heterocycles. The summed E-state index contributed by atoms with van der Waals surface area (Å²) in [6, 6.07) is 14.3. The second-order valence-corrected chi connectivity index (χ2v) is 8.69. The molecule has 0 aliphatic carbocycles. The minimum absolute atomic E-state index is 0.0686. The van der Waals surface area contributed by atoms with Crippen molar-refractivity contribution in [1.29, 1.82) is 0 Å². The molecule has 2 aromatic carbocycles. The lowest BCUT2D eigenvalue weighted by Crippen LogP contribution is -2.40. The third-order valence-electron chi connectivity index (χ3n) is 4.84. The van der Waals surface area contributed by atoms with Crippen LogP contribution in [0.5, 0.6) is 5.75 Å². The van der Waals surface area contributed by atoms with Gasteiger partial charge in [-0.1, -0.05) is 30.3 Å². The van der Waals surface area contributed by atoms with E-state index < -0.39 is 10.0 Å². The molecule has 1 fully saturated rings. The minimum atomic E-state index is -3.49. The molecule has 156 valence electrons. The highest BCUT2D eigenvalue weighted by atomic mass is 32.2. The SMILES string of the molecule is COc1ccccc1CNC(=O)CCc1ccc(S(=O)(=O)N2CCOCC2)cc1. The van der Waals surface area contributed by atoms with Crippen LogP contribution in [0.3, 0.4) is 0 Å². The standard InChI is InChI=1S/C21H26N2O5S/c1-27-20-5-3-2-4-18(20)16-22-21(24)11-8-17-6-9-19(10-7-17)29(25,26)23-12-14-28-15-13-23/h2-7,9-10H,8,11-16H2,1H3,(H,22,24). The van der Waals surface area contributed by atoms with Crippen LogP contribution in [-0.4, -0.2) is 52.0 Å². The van der Waals surface area contributed by atoms with Gasteiger partial charge in [-0.05, 0) is 30.2 Å². The number of morpholine rings is 1. The van der Waals surface area contributed by atoms with E-state index in [0.29, 0.717) is 45.7 Å². The average molecular weight is 419 g/mol. The summed E-state index contributed by atoms with van der Waals surface area (Å²) in [6.07, 6.45) is 0.861. The number of nitrogens with zero attached hydrogens (tertiary/aromatic N) is 1. The molecule has 1 aliphatic heterocycles. The summed E-state index contributed by atoms with van der Waals surface area (Å²) in [5.41, 5.74) is 1.83. The number of aryl methyl sites for hydroxylation is 1. The number of carbonyl (C=O) groups is 1.